The fourth-order valence-corrected chi connectivity index (χ4v) is 3.54. The van der Waals surface area contributed by atoms with Crippen LogP contribution in [-0.4, -0.2) is 33.5 Å². The Balaban J connectivity index is 1.85. The van der Waals surface area contributed by atoms with Crippen molar-refractivity contribution < 1.29 is 19.0 Å². The van der Waals surface area contributed by atoms with E-state index in [4.69, 9.17) is 4.74 Å². The second-order valence-corrected chi connectivity index (χ2v) is 7.22. The monoisotopic (exact) mass is 395 g/mol. The molecule has 2 heterocycles. The number of fused-ring (bicyclic) bond motifs is 1. The number of aliphatic hydroxyl groups excluding tert-OH is 1. The number of amides is 1. The van der Waals surface area contributed by atoms with E-state index in [1.54, 1.807) is 19.1 Å². The van der Waals surface area contributed by atoms with Gasteiger partial charge in [0.25, 0.3) is 5.91 Å². The predicted molar refractivity (Wildman–Crippen MR) is 108 cm³/mol. The number of carbonyl (C=O) groups excluding carboxylic acids is 1. The van der Waals surface area contributed by atoms with Gasteiger partial charge in [-0.05, 0) is 62.2 Å². The van der Waals surface area contributed by atoms with E-state index >= 15 is 0 Å². The van der Waals surface area contributed by atoms with Crippen LogP contribution < -0.4 is 10.1 Å². The largest absolute Gasteiger partial charge is 0.482 e. The number of halogens is 1. The Hall–Kier alpha value is -3.19. The lowest BCUT2D eigenvalue weighted by Crippen LogP contribution is -2.25. The summed E-state index contributed by atoms with van der Waals surface area (Å²) in [7, 11) is 0. The highest BCUT2D eigenvalue weighted by Crippen LogP contribution is 2.39. The lowest BCUT2D eigenvalue weighted by molar-refractivity contribution is -0.118. The fourth-order valence-electron chi connectivity index (χ4n) is 3.54. The van der Waals surface area contributed by atoms with Gasteiger partial charge in [0.05, 0.1) is 23.2 Å². The second-order valence-electron chi connectivity index (χ2n) is 7.22. The zero-order valence-corrected chi connectivity index (χ0v) is 16.3. The Morgan fingerprint density at radius 3 is 2.69 bits per heavy atom. The summed E-state index contributed by atoms with van der Waals surface area (Å²) in [6.45, 7) is 4.18. The van der Waals surface area contributed by atoms with Crippen molar-refractivity contribution in [3.05, 3.63) is 54.0 Å². The first kappa shape index (κ1) is 19.1. The van der Waals surface area contributed by atoms with E-state index in [1.807, 2.05) is 29.8 Å². The van der Waals surface area contributed by atoms with Gasteiger partial charge in [-0.3, -0.25) is 9.48 Å². The summed E-state index contributed by atoms with van der Waals surface area (Å²) in [5.74, 6) is 0.115. The molecule has 7 heteroatoms. The Bertz CT molecular complexity index is 1060. The zero-order valence-electron chi connectivity index (χ0n) is 16.3. The van der Waals surface area contributed by atoms with Gasteiger partial charge in [-0.1, -0.05) is 6.07 Å². The van der Waals surface area contributed by atoms with Gasteiger partial charge in [0.15, 0.2) is 6.61 Å². The minimum Gasteiger partial charge on any atom is -0.482 e. The van der Waals surface area contributed by atoms with Gasteiger partial charge in [0.2, 0.25) is 0 Å². The van der Waals surface area contributed by atoms with Crippen molar-refractivity contribution in [2.75, 3.05) is 11.9 Å². The molecule has 1 aliphatic heterocycles. The van der Waals surface area contributed by atoms with E-state index in [0.717, 1.165) is 28.1 Å². The number of rotatable bonds is 5. The molecule has 0 saturated heterocycles. The van der Waals surface area contributed by atoms with E-state index in [0.29, 0.717) is 24.4 Å². The Morgan fingerprint density at radius 1 is 1.24 bits per heavy atom. The maximum atomic E-state index is 13.5. The van der Waals surface area contributed by atoms with Crippen LogP contribution >= 0.6 is 0 Å². The van der Waals surface area contributed by atoms with Crippen molar-refractivity contribution in [1.82, 2.24) is 9.78 Å². The molecular weight excluding hydrogens is 373 g/mol. The summed E-state index contributed by atoms with van der Waals surface area (Å²) in [6, 6.07) is 11.9. The minimum atomic E-state index is -0.458. The molecule has 6 nitrogen and oxygen atoms in total. The number of hydrogen-bond donors (Lipinski definition) is 2. The number of anilines is 1. The third-order valence-corrected chi connectivity index (χ3v) is 4.90. The number of ether oxygens (including phenoxy) is 1. The maximum absolute atomic E-state index is 13.5. The molecule has 150 valence electrons. The lowest BCUT2D eigenvalue weighted by Gasteiger charge is -2.19. The average Bonchev–Trinajstić information content (AvgIpc) is 3.02. The molecule has 0 radical (unpaired) electrons. The van der Waals surface area contributed by atoms with Gasteiger partial charge in [-0.15, -0.1) is 0 Å². The molecule has 0 bridgehead atoms. The van der Waals surface area contributed by atoms with E-state index < -0.39 is 6.10 Å². The van der Waals surface area contributed by atoms with Crippen molar-refractivity contribution in [2.45, 2.75) is 32.9 Å². The summed E-state index contributed by atoms with van der Waals surface area (Å²) in [6.07, 6.45) is 0.0863. The minimum absolute atomic E-state index is 0.00345. The maximum Gasteiger partial charge on any atom is 0.262 e. The van der Waals surface area contributed by atoms with Gasteiger partial charge in [0.1, 0.15) is 11.6 Å². The highest BCUT2D eigenvalue weighted by atomic mass is 19.1. The number of hydrogen-bond acceptors (Lipinski definition) is 4. The van der Waals surface area contributed by atoms with Crippen LogP contribution in [0.5, 0.6) is 5.75 Å². The molecule has 29 heavy (non-hydrogen) atoms. The standard InChI is InChI=1S/C22H22FN3O3/c1-13(27)9-10-26-22(15-3-6-17(23)7-4-15)21(14(2)25-26)16-5-8-19-18(11-16)24-20(28)12-29-19/h3-8,11,13,27H,9-10,12H2,1-2H3,(H,24,28). The first-order valence-electron chi connectivity index (χ1n) is 9.51. The Labute approximate surface area is 167 Å². The number of nitrogens with one attached hydrogen (secondary N) is 1. The van der Waals surface area contributed by atoms with Gasteiger partial charge in [-0.2, -0.15) is 5.10 Å². The second kappa shape index (κ2) is 7.67. The van der Waals surface area contributed by atoms with Crippen LogP contribution in [0.15, 0.2) is 42.5 Å². The fraction of sp³-hybridized carbons (Fsp3) is 0.273. The number of aromatic nitrogens is 2. The van der Waals surface area contributed by atoms with Crippen LogP contribution in [0.25, 0.3) is 22.4 Å². The molecule has 0 spiro atoms. The zero-order chi connectivity index (χ0) is 20.5. The molecule has 0 fully saturated rings. The highest BCUT2D eigenvalue weighted by molar-refractivity contribution is 5.97. The van der Waals surface area contributed by atoms with Crippen molar-refractivity contribution >= 4 is 11.6 Å². The molecule has 3 aromatic rings. The van der Waals surface area contributed by atoms with Crippen LogP contribution in [0.3, 0.4) is 0 Å². The molecule has 1 aromatic heterocycles. The van der Waals surface area contributed by atoms with E-state index in [-0.39, 0.29) is 18.3 Å². The third kappa shape index (κ3) is 3.86. The van der Waals surface area contributed by atoms with Crippen LogP contribution in [-0.2, 0) is 11.3 Å². The normalized spacial score (nSPS) is 14.1. The molecule has 2 aromatic carbocycles. The highest BCUT2D eigenvalue weighted by Gasteiger charge is 2.22. The van der Waals surface area contributed by atoms with Crippen molar-refractivity contribution in [2.24, 2.45) is 0 Å². The smallest absolute Gasteiger partial charge is 0.262 e. The van der Waals surface area contributed by atoms with E-state index in [9.17, 15) is 14.3 Å². The predicted octanol–water partition coefficient (Wildman–Crippen LogP) is 3.77. The summed E-state index contributed by atoms with van der Waals surface area (Å²) in [5, 5.41) is 17.2. The summed E-state index contributed by atoms with van der Waals surface area (Å²) in [4.78, 5) is 11.7. The average molecular weight is 395 g/mol. The number of carbonyl (C=O) groups is 1. The molecule has 4 rings (SSSR count). The molecule has 2 N–H and O–H groups in total. The first-order chi connectivity index (χ1) is 13.9. The topological polar surface area (TPSA) is 76.4 Å². The Morgan fingerprint density at radius 2 is 1.97 bits per heavy atom. The number of aryl methyl sites for hydroxylation is 2. The molecule has 1 amide bonds. The van der Waals surface area contributed by atoms with Crippen molar-refractivity contribution in [3.63, 3.8) is 0 Å². The number of nitrogens with zero attached hydrogens (tertiary/aromatic N) is 2. The third-order valence-electron chi connectivity index (χ3n) is 4.90. The summed E-state index contributed by atoms with van der Waals surface area (Å²) < 4.78 is 20.8. The number of benzene rings is 2. The lowest BCUT2D eigenvalue weighted by atomic mass is 9.98. The van der Waals surface area contributed by atoms with Crippen molar-refractivity contribution in [3.8, 4) is 28.1 Å². The van der Waals surface area contributed by atoms with Crippen LogP contribution in [0.2, 0.25) is 0 Å². The van der Waals surface area contributed by atoms with Crippen LogP contribution in [0.1, 0.15) is 19.0 Å². The molecule has 1 atom stereocenters. The van der Waals surface area contributed by atoms with Gasteiger partial charge in [0, 0.05) is 17.7 Å². The molecule has 0 saturated carbocycles. The molecule has 1 unspecified atom stereocenters. The van der Waals surface area contributed by atoms with Gasteiger partial charge in [-0.25, -0.2) is 4.39 Å². The Kier molecular flexibility index (Phi) is 5.07. The summed E-state index contributed by atoms with van der Waals surface area (Å²) >= 11 is 0. The van der Waals surface area contributed by atoms with Gasteiger partial charge < -0.3 is 15.2 Å². The van der Waals surface area contributed by atoms with Crippen LogP contribution in [0.4, 0.5) is 10.1 Å². The molecular formula is C22H22FN3O3. The summed E-state index contributed by atoms with van der Waals surface area (Å²) in [5.41, 5.74) is 4.84. The van der Waals surface area contributed by atoms with E-state index in [1.165, 1.54) is 12.1 Å². The van der Waals surface area contributed by atoms with Crippen LogP contribution in [0, 0.1) is 12.7 Å². The molecule has 0 aliphatic carbocycles. The number of aliphatic hydroxyl groups is 1. The molecule has 1 aliphatic rings. The SMILES string of the molecule is Cc1nn(CCC(C)O)c(-c2ccc(F)cc2)c1-c1ccc2c(c1)NC(=O)CO2. The quantitative estimate of drug-likeness (QED) is 0.690. The van der Waals surface area contributed by atoms with Crippen molar-refractivity contribution in [1.29, 1.82) is 0 Å². The first-order valence-corrected chi connectivity index (χ1v) is 9.51. The van der Waals surface area contributed by atoms with Gasteiger partial charge >= 0.3 is 0 Å². The van der Waals surface area contributed by atoms with E-state index in [2.05, 4.69) is 10.4 Å².